The van der Waals surface area contributed by atoms with Crippen LogP contribution in [0.5, 0.6) is 23.0 Å². The van der Waals surface area contributed by atoms with Crippen LogP contribution in [-0.4, -0.2) is 32.9 Å². The molecule has 330 valence electrons. The van der Waals surface area contributed by atoms with Crippen molar-refractivity contribution in [2.75, 3.05) is 13.2 Å². The van der Waals surface area contributed by atoms with Gasteiger partial charge in [0.05, 0.1) is 11.1 Å². The van der Waals surface area contributed by atoms with Crippen molar-refractivity contribution in [3.63, 3.8) is 0 Å². The fourth-order valence-corrected chi connectivity index (χ4v) is 11.4. The van der Waals surface area contributed by atoms with E-state index in [0.717, 1.165) is 114 Å². The van der Waals surface area contributed by atoms with E-state index in [9.17, 15) is 10.2 Å². The van der Waals surface area contributed by atoms with Crippen molar-refractivity contribution >= 4 is 0 Å². The Hall–Kier alpha value is -4.60. The number of rotatable bonds is 10. The number of phenols is 2. The molecule has 0 unspecified atom stereocenters. The minimum absolute atomic E-state index is 0. The summed E-state index contributed by atoms with van der Waals surface area (Å²) < 4.78 is 10.3. The zero-order valence-corrected chi connectivity index (χ0v) is 41.0. The number of aliphatic hydroxyl groups is 2. The van der Waals surface area contributed by atoms with Gasteiger partial charge < -0.3 is 26.6 Å². The quantitative estimate of drug-likeness (QED) is 0.0816. The van der Waals surface area contributed by atoms with Crippen LogP contribution in [0.2, 0.25) is 0 Å². The van der Waals surface area contributed by atoms with E-state index in [1.54, 1.807) is 6.92 Å². The van der Waals surface area contributed by atoms with E-state index < -0.39 is 0 Å². The summed E-state index contributed by atoms with van der Waals surface area (Å²) in [4.78, 5) is 0. The maximum absolute atomic E-state index is 12.3. The number of hydrogen-bond donors (Lipinski definition) is 2. The first-order valence-electron chi connectivity index (χ1n) is 24.2. The Bertz CT molecular complexity index is 2390. The van der Waals surface area contributed by atoms with Gasteiger partial charge in [-0.2, -0.15) is 6.92 Å². The van der Waals surface area contributed by atoms with E-state index in [-0.39, 0.29) is 26.2 Å². The summed E-state index contributed by atoms with van der Waals surface area (Å²) in [5.74, 6) is 2.55. The van der Waals surface area contributed by atoms with E-state index in [2.05, 4.69) is 93.6 Å². The van der Waals surface area contributed by atoms with Crippen LogP contribution in [-0.2, 0) is 77.6 Å². The Balaban J connectivity index is 0.00000184. The van der Waals surface area contributed by atoms with Gasteiger partial charge in [0.25, 0.3) is 11.5 Å². The maximum Gasteiger partial charge on any atom is 0.262 e. The van der Waals surface area contributed by atoms with Crippen molar-refractivity contribution in [3.8, 4) is 67.5 Å². The molecule has 4 aliphatic carbocycles. The minimum atomic E-state index is 0. The van der Waals surface area contributed by atoms with Crippen LogP contribution in [0.25, 0.3) is 44.5 Å². The SMILES string of the molecule is Cc1cc(-c2ccccc2[OH+]CCC[OH+]c2ccccc2-c2cc(C)cc(-c3c4c(cc5c3CCCC5)CCCC4)c2O)c(O)c(-c2c3c(cc4c2CCCC4)CCCC3)c1.[CH2-]C.[Zr]. The first kappa shape index (κ1) is 46.0. The molecule has 10 rings (SSSR count). The molecular formula is C59H67O4Zr+. The van der Waals surface area contributed by atoms with Gasteiger partial charge in [0, 0.05) is 60.6 Å². The molecular weight excluding hydrogens is 864 g/mol. The van der Waals surface area contributed by atoms with Gasteiger partial charge in [-0.25, -0.2) is 0 Å². The third-order valence-corrected chi connectivity index (χ3v) is 14.3. The van der Waals surface area contributed by atoms with Crippen molar-refractivity contribution in [2.45, 2.75) is 130 Å². The number of phenolic OH excluding ortho intramolecular Hbond substituents is 2. The monoisotopic (exact) mass is 929 g/mol. The second-order valence-electron chi connectivity index (χ2n) is 18.5. The predicted octanol–water partition coefficient (Wildman–Crippen LogP) is 14.3. The molecule has 0 heterocycles. The molecule has 0 aliphatic heterocycles. The van der Waals surface area contributed by atoms with Gasteiger partial charge in [0.2, 0.25) is 0 Å². The van der Waals surface area contributed by atoms with Crippen molar-refractivity contribution in [3.05, 3.63) is 147 Å². The summed E-state index contributed by atoms with van der Waals surface area (Å²) in [5, 5.41) is 24.5. The largest absolute Gasteiger partial charge is 0.582 e. The molecule has 6 aromatic carbocycles. The summed E-state index contributed by atoms with van der Waals surface area (Å²) in [6, 6.07) is 30.3. The van der Waals surface area contributed by atoms with E-state index in [0.29, 0.717) is 24.7 Å². The number of para-hydroxylation sites is 2. The van der Waals surface area contributed by atoms with Crippen LogP contribution in [0.15, 0.2) is 84.9 Å². The van der Waals surface area contributed by atoms with Gasteiger partial charge in [-0.3, -0.25) is 0 Å². The van der Waals surface area contributed by atoms with Gasteiger partial charge >= 0.3 is 0 Å². The van der Waals surface area contributed by atoms with Gasteiger partial charge in [0.15, 0.2) is 13.2 Å². The normalized spacial score (nSPS) is 15.0. The topological polar surface area (TPSA) is 66.1 Å². The molecule has 4 N–H and O–H groups in total. The average Bonchev–Trinajstić information content (AvgIpc) is 3.32. The second kappa shape index (κ2) is 20.7. The first-order chi connectivity index (χ1) is 30.9. The van der Waals surface area contributed by atoms with Crippen molar-refractivity contribution < 1.29 is 45.9 Å². The van der Waals surface area contributed by atoms with Crippen molar-refractivity contribution in [2.24, 2.45) is 0 Å². The number of aromatic hydroxyl groups is 4. The Kier molecular flexibility index (Phi) is 14.9. The number of hydrogen-bond acceptors (Lipinski definition) is 2. The molecule has 0 atom stereocenters. The van der Waals surface area contributed by atoms with Crippen molar-refractivity contribution in [1.29, 1.82) is 0 Å². The average molecular weight is 931 g/mol. The Morgan fingerprint density at radius 3 is 1.09 bits per heavy atom. The molecule has 0 amide bonds. The van der Waals surface area contributed by atoms with Crippen LogP contribution >= 0.6 is 0 Å². The first-order valence-corrected chi connectivity index (χ1v) is 24.2. The Morgan fingerprint density at radius 2 is 0.734 bits per heavy atom. The number of benzene rings is 6. The van der Waals surface area contributed by atoms with Crippen LogP contribution in [0.1, 0.15) is 120 Å². The summed E-state index contributed by atoms with van der Waals surface area (Å²) in [7, 11) is 0. The molecule has 0 fully saturated rings. The van der Waals surface area contributed by atoms with Crippen LogP contribution in [0.3, 0.4) is 0 Å². The predicted molar refractivity (Wildman–Crippen MR) is 263 cm³/mol. The zero-order valence-electron chi connectivity index (χ0n) is 38.5. The molecule has 0 aromatic heterocycles. The van der Waals surface area contributed by atoms with Crippen molar-refractivity contribution in [1.82, 2.24) is 0 Å². The fraction of sp³-hybridized carbons (Fsp3) is 0.373. The molecule has 4 nitrogen and oxygen atoms in total. The standard InChI is InChI=1S/C57H60O4.C2H5.Zr/c1-36-30-48(56(58)50(32-36)54-42-20-7-3-16-38(42)34-39-17-4-8-21-43(39)54)46-24-11-13-26-52(46)60-28-15-29-61-53-27-14-12-25-47(53)49-31-37(2)33-51(57(49)59)55-44-22-9-5-18-40(44)35-41-19-6-10-23-45(41)55;1-2;/h11-14,24-27,30-35,58-59H,3-10,15-23,28-29H2,1-2H3;1H2,2H3;/q;-1;/p+2. The van der Waals surface area contributed by atoms with E-state index in [1.807, 2.05) is 12.1 Å². The molecule has 0 spiro atoms. The van der Waals surface area contributed by atoms with Gasteiger partial charge in [-0.05, 0) is 220 Å². The Labute approximate surface area is 401 Å². The minimum Gasteiger partial charge on any atom is -0.582 e. The molecule has 0 saturated heterocycles. The fourth-order valence-electron chi connectivity index (χ4n) is 11.4. The molecule has 6 aromatic rings. The summed E-state index contributed by atoms with van der Waals surface area (Å²) >= 11 is 0. The van der Waals surface area contributed by atoms with Gasteiger partial charge in [-0.1, -0.05) is 36.4 Å². The smallest absolute Gasteiger partial charge is 0.262 e. The second-order valence-corrected chi connectivity index (χ2v) is 18.5. The molecule has 0 radical (unpaired) electrons. The van der Waals surface area contributed by atoms with Gasteiger partial charge in [0.1, 0.15) is 17.9 Å². The third-order valence-electron chi connectivity index (χ3n) is 14.3. The molecule has 0 saturated carbocycles. The Morgan fingerprint density at radius 1 is 0.422 bits per heavy atom. The molecule has 0 bridgehead atoms. The van der Waals surface area contributed by atoms with Crippen LogP contribution < -0.4 is 0 Å². The van der Waals surface area contributed by atoms with E-state index in [4.69, 9.17) is 9.47 Å². The summed E-state index contributed by atoms with van der Waals surface area (Å²) in [6.45, 7) is 10.6. The van der Waals surface area contributed by atoms with Crippen LogP contribution in [0.4, 0.5) is 0 Å². The summed E-state index contributed by atoms with van der Waals surface area (Å²) in [6.07, 6.45) is 19.5. The van der Waals surface area contributed by atoms with E-state index in [1.165, 1.54) is 107 Å². The molecule has 4 aliphatic rings. The molecule has 5 heteroatoms. The number of ether oxygens (including phenoxy) is 2. The number of aryl methyl sites for hydroxylation is 6. The maximum atomic E-state index is 12.3. The van der Waals surface area contributed by atoms with E-state index >= 15 is 0 Å². The van der Waals surface area contributed by atoms with Gasteiger partial charge in [-0.15, -0.1) is 0 Å². The third kappa shape index (κ3) is 9.13. The van der Waals surface area contributed by atoms with Crippen LogP contribution in [0, 0.1) is 20.8 Å². The molecule has 64 heavy (non-hydrogen) atoms. The number of fused-ring (bicyclic) bond motifs is 4. The zero-order chi connectivity index (χ0) is 43.5. The summed E-state index contributed by atoms with van der Waals surface area (Å²) in [5.41, 5.74) is 22.4.